The monoisotopic (exact) mass is 208 g/mol. The number of ether oxygens (including phenoxy) is 1. The Hall–Kier alpha value is -0.240. The molecule has 1 fully saturated rings. The fourth-order valence-electron chi connectivity index (χ4n) is 1.64. The van der Waals surface area contributed by atoms with Crippen LogP contribution in [0.1, 0.15) is 13.8 Å². The molecule has 0 aromatic carbocycles. The highest BCUT2D eigenvalue weighted by atomic mass is 16.6. The third-order valence-electron chi connectivity index (χ3n) is 2.51. The van der Waals surface area contributed by atoms with Crippen molar-refractivity contribution in [1.82, 2.24) is 0 Å². The molecule has 6 heteroatoms. The van der Waals surface area contributed by atoms with E-state index in [1.807, 2.05) is 0 Å². The largest absolute Gasteiger partial charge is 0.391 e. The maximum Gasteiger partial charge on any atom is 0.184 e. The third kappa shape index (κ3) is 1.77. The molecule has 0 bridgehead atoms. The van der Waals surface area contributed by atoms with Crippen LogP contribution in [0.25, 0.3) is 0 Å². The van der Waals surface area contributed by atoms with Gasteiger partial charge >= 0.3 is 0 Å². The van der Waals surface area contributed by atoms with Crippen molar-refractivity contribution in [2.45, 2.75) is 50.2 Å². The fourth-order valence-corrected chi connectivity index (χ4v) is 1.64. The Bertz CT molecular complexity index is 204. The van der Waals surface area contributed by atoms with Gasteiger partial charge < -0.3 is 30.3 Å². The Morgan fingerprint density at radius 3 is 2.21 bits per heavy atom. The summed E-state index contributed by atoms with van der Waals surface area (Å²) >= 11 is 0. The minimum absolute atomic E-state index is 1.07. The number of aliphatic hydroxyl groups excluding tert-OH is 4. The molecule has 1 heterocycles. The van der Waals surface area contributed by atoms with Crippen molar-refractivity contribution >= 4 is 0 Å². The van der Waals surface area contributed by atoms with Gasteiger partial charge in [-0.25, -0.2) is 0 Å². The molecule has 0 spiro atoms. The zero-order valence-electron chi connectivity index (χ0n) is 8.03. The Morgan fingerprint density at radius 1 is 1.29 bits per heavy atom. The maximum absolute atomic E-state index is 9.76. The minimum atomic E-state index is -1.80. The van der Waals surface area contributed by atoms with Gasteiger partial charge in [0.05, 0.1) is 6.10 Å². The van der Waals surface area contributed by atoms with Crippen molar-refractivity contribution in [2.24, 2.45) is 0 Å². The summed E-state index contributed by atoms with van der Waals surface area (Å²) in [5.74, 6) is 0. The molecule has 1 aliphatic heterocycles. The van der Waals surface area contributed by atoms with Gasteiger partial charge in [-0.3, -0.25) is 0 Å². The average molecular weight is 208 g/mol. The molecule has 0 amide bonds. The lowest BCUT2D eigenvalue weighted by Gasteiger charge is -2.46. The third-order valence-corrected chi connectivity index (χ3v) is 2.51. The Morgan fingerprint density at radius 2 is 1.79 bits per heavy atom. The topological polar surface area (TPSA) is 110 Å². The van der Waals surface area contributed by atoms with Gasteiger partial charge in [0.1, 0.15) is 23.9 Å². The number of hydrogen-bond donors (Lipinski definition) is 5. The smallest absolute Gasteiger partial charge is 0.184 e. The van der Waals surface area contributed by atoms with E-state index < -0.39 is 36.3 Å². The molecule has 0 aromatic heterocycles. The van der Waals surface area contributed by atoms with E-state index in [2.05, 4.69) is 0 Å². The van der Waals surface area contributed by atoms with Gasteiger partial charge in [0.15, 0.2) is 6.29 Å². The second kappa shape index (κ2) is 3.73. The summed E-state index contributed by atoms with van der Waals surface area (Å²) in [5.41, 5.74) is -1.80. The molecule has 6 nitrogen and oxygen atoms in total. The first-order valence-electron chi connectivity index (χ1n) is 4.38. The fraction of sp³-hybridized carbons (Fsp3) is 1.00. The van der Waals surface area contributed by atoms with Crippen LogP contribution in [0.2, 0.25) is 0 Å². The molecule has 0 saturated carbocycles. The first-order chi connectivity index (χ1) is 6.28. The lowest BCUT2D eigenvalue weighted by molar-refractivity contribution is -0.324. The van der Waals surface area contributed by atoms with E-state index in [1.54, 1.807) is 0 Å². The van der Waals surface area contributed by atoms with Crippen LogP contribution in [0.4, 0.5) is 0 Å². The van der Waals surface area contributed by atoms with E-state index >= 15 is 0 Å². The lowest BCUT2D eigenvalue weighted by Crippen LogP contribution is -2.66. The highest BCUT2D eigenvalue weighted by molar-refractivity contribution is 5.00. The molecule has 6 atom stereocenters. The van der Waals surface area contributed by atoms with Gasteiger partial charge in [0, 0.05) is 0 Å². The van der Waals surface area contributed by atoms with Crippen molar-refractivity contribution in [3.8, 4) is 0 Å². The lowest BCUT2D eigenvalue weighted by atomic mass is 9.84. The standard InChI is InChI=1S/C8H16O6/c1-3(9)6-8(2,13)5(11)4(10)7(12)14-6/h3-7,9-13H,1-2H3/t3?,4-,5-,6-,7?,8+/m1/s1. The van der Waals surface area contributed by atoms with E-state index in [0.717, 1.165) is 0 Å². The van der Waals surface area contributed by atoms with Crippen LogP contribution in [-0.2, 0) is 4.74 Å². The van der Waals surface area contributed by atoms with Gasteiger partial charge in [-0.05, 0) is 13.8 Å². The second-order valence-corrected chi connectivity index (χ2v) is 3.85. The van der Waals surface area contributed by atoms with E-state index in [1.165, 1.54) is 13.8 Å². The van der Waals surface area contributed by atoms with Crippen LogP contribution in [0.3, 0.4) is 0 Å². The van der Waals surface area contributed by atoms with Gasteiger partial charge in [-0.2, -0.15) is 0 Å². The van der Waals surface area contributed by atoms with Crippen molar-refractivity contribution in [1.29, 1.82) is 0 Å². The van der Waals surface area contributed by atoms with E-state index in [4.69, 9.17) is 9.84 Å². The maximum atomic E-state index is 9.76. The van der Waals surface area contributed by atoms with Gasteiger partial charge in [-0.15, -0.1) is 0 Å². The predicted molar refractivity (Wildman–Crippen MR) is 45.2 cm³/mol. The highest BCUT2D eigenvalue weighted by Crippen LogP contribution is 2.30. The number of hydrogen-bond acceptors (Lipinski definition) is 6. The van der Waals surface area contributed by atoms with E-state index in [0.29, 0.717) is 0 Å². The zero-order chi connectivity index (χ0) is 11.1. The van der Waals surface area contributed by atoms with Crippen LogP contribution < -0.4 is 0 Å². The van der Waals surface area contributed by atoms with Gasteiger partial charge in [0.2, 0.25) is 0 Å². The number of aliphatic hydroxyl groups is 5. The summed E-state index contributed by atoms with van der Waals surface area (Å²) in [6.07, 6.45) is -6.96. The molecular formula is C8H16O6. The van der Waals surface area contributed by atoms with Crippen LogP contribution in [0.5, 0.6) is 0 Å². The molecule has 2 unspecified atom stereocenters. The first-order valence-corrected chi connectivity index (χ1v) is 4.38. The average Bonchev–Trinajstić information content (AvgIpc) is 2.08. The minimum Gasteiger partial charge on any atom is -0.391 e. The predicted octanol–water partition coefficient (Wildman–Crippen LogP) is -2.44. The molecule has 0 aromatic rings. The molecule has 5 N–H and O–H groups in total. The molecule has 14 heavy (non-hydrogen) atoms. The van der Waals surface area contributed by atoms with E-state index in [-0.39, 0.29) is 0 Å². The summed E-state index contributed by atoms with van der Waals surface area (Å²) in [5, 5.41) is 46.8. The summed E-state index contributed by atoms with van der Waals surface area (Å²) in [7, 11) is 0. The molecular weight excluding hydrogens is 192 g/mol. The SMILES string of the molecule is CC(O)[C@H]1OC(O)[C@H](O)[C@@H](O)[C@]1(C)O. The quantitative estimate of drug-likeness (QED) is 0.327. The van der Waals surface area contributed by atoms with Crippen LogP contribution in [0.15, 0.2) is 0 Å². The van der Waals surface area contributed by atoms with Gasteiger partial charge in [-0.1, -0.05) is 0 Å². The Labute approximate surface area is 81.4 Å². The summed E-state index contributed by atoms with van der Waals surface area (Å²) in [6, 6.07) is 0. The molecule has 84 valence electrons. The number of rotatable bonds is 1. The van der Waals surface area contributed by atoms with Crippen molar-refractivity contribution in [3.05, 3.63) is 0 Å². The van der Waals surface area contributed by atoms with Crippen LogP contribution in [0, 0.1) is 0 Å². The Kier molecular flexibility index (Phi) is 3.15. The van der Waals surface area contributed by atoms with Crippen LogP contribution >= 0.6 is 0 Å². The summed E-state index contributed by atoms with van der Waals surface area (Å²) in [6.45, 7) is 2.58. The normalized spacial score (nSPS) is 51.6. The van der Waals surface area contributed by atoms with Gasteiger partial charge in [0.25, 0.3) is 0 Å². The van der Waals surface area contributed by atoms with Crippen molar-refractivity contribution < 1.29 is 30.3 Å². The van der Waals surface area contributed by atoms with Crippen molar-refractivity contribution in [2.75, 3.05) is 0 Å². The zero-order valence-corrected chi connectivity index (χ0v) is 8.03. The molecule has 1 saturated heterocycles. The molecule has 0 aliphatic carbocycles. The highest BCUT2D eigenvalue weighted by Gasteiger charge is 2.52. The second-order valence-electron chi connectivity index (χ2n) is 3.85. The molecule has 1 aliphatic rings. The Balaban J connectivity index is 2.89. The van der Waals surface area contributed by atoms with Crippen molar-refractivity contribution in [3.63, 3.8) is 0 Å². The first kappa shape index (κ1) is 11.8. The summed E-state index contributed by atoms with van der Waals surface area (Å²) in [4.78, 5) is 0. The summed E-state index contributed by atoms with van der Waals surface area (Å²) < 4.78 is 4.79. The molecule has 1 rings (SSSR count). The molecule has 0 radical (unpaired) electrons. The van der Waals surface area contributed by atoms with Crippen LogP contribution in [-0.4, -0.2) is 61.8 Å². The van der Waals surface area contributed by atoms with E-state index in [9.17, 15) is 20.4 Å².